The molecule has 0 amide bonds. The molecule has 3 heteroatoms. The van der Waals surface area contributed by atoms with Crippen LogP contribution in [-0.4, -0.2) is 28.7 Å². The normalized spacial score (nSPS) is 53.1. The molecule has 2 N–H and O–H groups in total. The Morgan fingerprint density at radius 3 is 2.44 bits per heavy atom. The van der Waals surface area contributed by atoms with Gasteiger partial charge in [-0.25, -0.2) is 0 Å². The summed E-state index contributed by atoms with van der Waals surface area (Å²) >= 11 is 0. The number of rotatable bonds is 4. The lowest BCUT2D eigenvalue weighted by molar-refractivity contribution is -0.174. The third-order valence-corrected chi connectivity index (χ3v) is 10.2. The second-order valence-corrected chi connectivity index (χ2v) is 11.2. The second-order valence-electron chi connectivity index (χ2n) is 11.2. The van der Waals surface area contributed by atoms with E-state index in [2.05, 4.69) is 20.8 Å². The van der Waals surface area contributed by atoms with Gasteiger partial charge in [-0.1, -0.05) is 20.8 Å². The highest BCUT2D eigenvalue weighted by atomic mass is 16.3. The summed E-state index contributed by atoms with van der Waals surface area (Å²) in [4.78, 5) is 10.9. The van der Waals surface area contributed by atoms with E-state index in [0.29, 0.717) is 52.8 Å². The Balaban J connectivity index is 1.58. The third-order valence-electron chi connectivity index (χ3n) is 10.2. The first-order valence-corrected chi connectivity index (χ1v) is 11.6. The topological polar surface area (TPSA) is 57.5 Å². The molecule has 4 aliphatic carbocycles. The van der Waals surface area contributed by atoms with Crippen molar-refractivity contribution in [2.75, 3.05) is 0 Å². The summed E-state index contributed by atoms with van der Waals surface area (Å²) in [6.07, 6.45) is 11.4. The summed E-state index contributed by atoms with van der Waals surface area (Å²) in [7, 11) is 0. The van der Waals surface area contributed by atoms with Crippen LogP contribution < -0.4 is 0 Å². The Morgan fingerprint density at radius 2 is 1.70 bits per heavy atom. The smallest absolute Gasteiger partial charge is 0.120 e. The summed E-state index contributed by atoms with van der Waals surface area (Å²) in [5, 5.41) is 21.4. The standard InChI is InChI=1S/C24H40O3/c1-15(5-4-12-25)18-6-7-19-22-20(9-11-24(18,19)3)23(2)10-8-17(26)13-16(23)14-21(22)27/h12,15-22,26-27H,4-11,13-14H2,1-3H3/t15?,16-,17+,18+,19-,20-,21-,22-,23-,24+/m0/s1. The van der Waals surface area contributed by atoms with Crippen LogP contribution in [0.15, 0.2) is 0 Å². The summed E-state index contributed by atoms with van der Waals surface area (Å²) in [6.45, 7) is 7.34. The molecule has 0 aromatic rings. The lowest BCUT2D eigenvalue weighted by atomic mass is 9.43. The quantitative estimate of drug-likeness (QED) is 0.706. The number of carbonyl (C=O) groups excluding carboxylic acids is 1. The van der Waals surface area contributed by atoms with Gasteiger partial charge in [0.25, 0.3) is 0 Å². The molecule has 27 heavy (non-hydrogen) atoms. The van der Waals surface area contributed by atoms with Crippen molar-refractivity contribution in [3.8, 4) is 0 Å². The molecule has 0 aliphatic heterocycles. The van der Waals surface area contributed by atoms with Crippen molar-refractivity contribution in [3.05, 3.63) is 0 Å². The Kier molecular flexibility index (Phi) is 5.25. The van der Waals surface area contributed by atoms with Crippen molar-refractivity contribution in [1.29, 1.82) is 0 Å². The van der Waals surface area contributed by atoms with Gasteiger partial charge in [-0.3, -0.25) is 0 Å². The van der Waals surface area contributed by atoms with Gasteiger partial charge in [-0.05, 0) is 104 Å². The largest absolute Gasteiger partial charge is 0.393 e. The van der Waals surface area contributed by atoms with Crippen LogP contribution in [0.1, 0.15) is 85.0 Å². The molecule has 0 aromatic carbocycles. The lowest BCUT2D eigenvalue weighted by Gasteiger charge is -2.62. The summed E-state index contributed by atoms with van der Waals surface area (Å²) < 4.78 is 0. The molecule has 3 nitrogen and oxygen atoms in total. The average molecular weight is 377 g/mol. The van der Waals surface area contributed by atoms with E-state index in [9.17, 15) is 15.0 Å². The van der Waals surface area contributed by atoms with E-state index in [0.717, 1.165) is 38.4 Å². The fourth-order valence-electron chi connectivity index (χ4n) is 8.71. The zero-order valence-electron chi connectivity index (χ0n) is 17.6. The number of aliphatic hydroxyl groups is 2. The maximum Gasteiger partial charge on any atom is 0.120 e. The summed E-state index contributed by atoms with van der Waals surface area (Å²) in [5.41, 5.74) is 0.646. The molecular formula is C24H40O3. The van der Waals surface area contributed by atoms with Crippen LogP contribution in [0.3, 0.4) is 0 Å². The van der Waals surface area contributed by atoms with E-state index < -0.39 is 0 Å². The van der Waals surface area contributed by atoms with Gasteiger partial charge in [-0.15, -0.1) is 0 Å². The minimum atomic E-state index is -0.188. The van der Waals surface area contributed by atoms with Gasteiger partial charge in [0, 0.05) is 6.42 Å². The molecule has 1 unspecified atom stereocenters. The first kappa shape index (κ1) is 19.9. The van der Waals surface area contributed by atoms with Crippen LogP contribution in [0.5, 0.6) is 0 Å². The second kappa shape index (κ2) is 7.13. The predicted octanol–water partition coefficient (Wildman–Crippen LogP) is 4.59. The van der Waals surface area contributed by atoms with Gasteiger partial charge in [0.15, 0.2) is 0 Å². The first-order chi connectivity index (χ1) is 12.8. The maximum atomic E-state index is 11.2. The van der Waals surface area contributed by atoms with Crippen molar-refractivity contribution in [1.82, 2.24) is 0 Å². The molecule has 4 aliphatic rings. The van der Waals surface area contributed by atoms with Crippen LogP contribution >= 0.6 is 0 Å². The summed E-state index contributed by atoms with van der Waals surface area (Å²) in [6, 6.07) is 0. The fraction of sp³-hybridized carbons (Fsp3) is 0.958. The maximum absolute atomic E-state index is 11.2. The third kappa shape index (κ3) is 3.03. The van der Waals surface area contributed by atoms with Crippen molar-refractivity contribution in [2.45, 2.75) is 97.2 Å². The minimum absolute atomic E-state index is 0.157. The van der Waals surface area contributed by atoms with E-state index >= 15 is 0 Å². The van der Waals surface area contributed by atoms with E-state index in [4.69, 9.17) is 0 Å². The van der Waals surface area contributed by atoms with Crippen molar-refractivity contribution in [2.24, 2.45) is 46.3 Å². The highest BCUT2D eigenvalue weighted by Gasteiger charge is 2.62. The lowest BCUT2D eigenvalue weighted by Crippen LogP contribution is -2.58. The zero-order valence-corrected chi connectivity index (χ0v) is 17.6. The zero-order chi connectivity index (χ0) is 19.4. The van der Waals surface area contributed by atoms with E-state index in [1.54, 1.807) is 0 Å². The molecule has 0 bridgehead atoms. The van der Waals surface area contributed by atoms with Gasteiger partial charge in [0.1, 0.15) is 6.29 Å². The number of fused-ring (bicyclic) bond motifs is 5. The van der Waals surface area contributed by atoms with E-state index in [1.807, 2.05) is 0 Å². The number of hydrogen-bond donors (Lipinski definition) is 2. The summed E-state index contributed by atoms with van der Waals surface area (Å²) in [5.74, 6) is 3.51. The SMILES string of the molecule is CC(CCC=O)[C@H]1CC[C@H]2[C@@H]3[C@@H](O)C[C@@H]4C[C@H](O)CC[C@]4(C)[C@H]3CC[C@]12C. The van der Waals surface area contributed by atoms with Crippen molar-refractivity contribution >= 4 is 6.29 Å². The molecule has 0 spiro atoms. The molecule has 0 saturated heterocycles. The fourth-order valence-corrected chi connectivity index (χ4v) is 8.71. The molecular weight excluding hydrogens is 336 g/mol. The molecule has 0 aromatic heterocycles. The minimum Gasteiger partial charge on any atom is -0.393 e. The van der Waals surface area contributed by atoms with Gasteiger partial charge < -0.3 is 15.0 Å². The molecule has 154 valence electrons. The molecule has 4 saturated carbocycles. The molecule has 10 atom stereocenters. The van der Waals surface area contributed by atoms with E-state index in [1.165, 1.54) is 25.7 Å². The van der Waals surface area contributed by atoms with Gasteiger partial charge in [0.05, 0.1) is 12.2 Å². The number of hydrogen-bond acceptors (Lipinski definition) is 3. The predicted molar refractivity (Wildman–Crippen MR) is 107 cm³/mol. The average Bonchev–Trinajstić information content (AvgIpc) is 2.98. The Labute approximate surface area is 165 Å². The van der Waals surface area contributed by atoms with Crippen LogP contribution in [0, 0.1) is 46.3 Å². The monoisotopic (exact) mass is 376 g/mol. The van der Waals surface area contributed by atoms with Crippen molar-refractivity contribution < 1.29 is 15.0 Å². The molecule has 0 radical (unpaired) electrons. The van der Waals surface area contributed by atoms with Gasteiger partial charge >= 0.3 is 0 Å². The first-order valence-electron chi connectivity index (χ1n) is 11.6. The Hall–Kier alpha value is -0.410. The Morgan fingerprint density at radius 1 is 1.00 bits per heavy atom. The number of aldehydes is 1. The molecule has 0 heterocycles. The van der Waals surface area contributed by atoms with Gasteiger partial charge in [0.2, 0.25) is 0 Å². The van der Waals surface area contributed by atoms with Crippen LogP contribution in [0.25, 0.3) is 0 Å². The molecule has 4 rings (SSSR count). The van der Waals surface area contributed by atoms with Crippen LogP contribution in [0.4, 0.5) is 0 Å². The highest BCUT2D eigenvalue weighted by molar-refractivity contribution is 5.49. The van der Waals surface area contributed by atoms with E-state index in [-0.39, 0.29) is 12.2 Å². The number of carbonyl (C=O) groups is 1. The van der Waals surface area contributed by atoms with Crippen LogP contribution in [0.2, 0.25) is 0 Å². The highest BCUT2D eigenvalue weighted by Crippen LogP contribution is 2.68. The van der Waals surface area contributed by atoms with Crippen molar-refractivity contribution in [3.63, 3.8) is 0 Å². The number of aliphatic hydroxyl groups excluding tert-OH is 2. The van der Waals surface area contributed by atoms with Crippen LogP contribution in [-0.2, 0) is 4.79 Å². The Bertz CT molecular complexity index is 562. The van der Waals surface area contributed by atoms with Gasteiger partial charge in [-0.2, -0.15) is 0 Å². The molecule has 4 fully saturated rings.